The first-order valence-corrected chi connectivity index (χ1v) is 12.8. The highest BCUT2D eigenvalue weighted by molar-refractivity contribution is 7.92. The summed E-state index contributed by atoms with van der Waals surface area (Å²) in [6.07, 6.45) is 0. The van der Waals surface area contributed by atoms with Gasteiger partial charge < -0.3 is 20.5 Å². The Morgan fingerprint density at radius 3 is 2.33 bits per heavy atom. The molecule has 0 radical (unpaired) electrons. The van der Waals surface area contributed by atoms with E-state index in [0.29, 0.717) is 12.1 Å². The van der Waals surface area contributed by atoms with E-state index in [0.717, 1.165) is 0 Å². The number of methoxy groups -OCH3 is 1. The summed E-state index contributed by atoms with van der Waals surface area (Å²) in [5.74, 6) is -0.573. The van der Waals surface area contributed by atoms with E-state index < -0.39 is 21.8 Å². The number of amides is 2. The van der Waals surface area contributed by atoms with E-state index in [1.807, 2.05) is 0 Å². The van der Waals surface area contributed by atoms with Crippen LogP contribution in [-0.4, -0.2) is 33.9 Å². The van der Waals surface area contributed by atoms with Crippen LogP contribution in [0.25, 0.3) is 0 Å². The van der Waals surface area contributed by atoms with Crippen molar-refractivity contribution in [1.82, 2.24) is 5.32 Å². The normalized spacial score (nSPS) is 11.0. The van der Waals surface area contributed by atoms with Crippen LogP contribution >= 0.6 is 23.2 Å². The van der Waals surface area contributed by atoms with E-state index in [4.69, 9.17) is 38.4 Å². The summed E-state index contributed by atoms with van der Waals surface area (Å²) in [5, 5.41) is 2.83. The van der Waals surface area contributed by atoms with Crippen molar-refractivity contribution in [1.29, 1.82) is 0 Å². The molecule has 0 unspecified atom stereocenters. The zero-order valence-corrected chi connectivity index (χ0v) is 21.8. The van der Waals surface area contributed by atoms with Gasteiger partial charge >= 0.3 is 0 Å². The van der Waals surface area contributed by atoms with Crippen molar-refractivity contribution in [2.45, 2.75) is 18.7 Å². The molecular formula is C24H23Cl2N3O6S. The van der Waals surface area contributed by atoms with Crippen LogP contribution in [0.15, 0.2) is 53.4 Å². The van der Waals surface area contributed by atoms with E-state index in [-0.39, 0.29) is 49.0 Å². The number of rotatable bonds is 9. The Kier molecular flexibility index (Phi) is 8.34. The maximum Gasteiger partial charge on any atom is 0.263 e. The number of halogens is 2. The predicted molar refractivity (Wildman–Crippen MR) is 138 cm³/mol. The van der Waals surface area contributed by atoms with Crippen molar-refractivity contribution in [3.8, 4) is 17.2 Å². The molecule has 0 atom stereocenters. The molecule has 190 valence electrons. The van der Waals surface area contributed by atoms with Crippen molar-refractivity contribution in [2.24, 2.45) is 5.73 Å². The molecule has 0 saturated heterocycles. The number of hydrogen-bond donors (Lipinski definition) is 3. The van der Waals surface area contributed by atoms with Crippen molar-refractivity contribution >= 4 is 50.7 Å². The van der Waals surface area contributed by atoms with Gasteiger partial charge in [-0.2, -0.15) is 0 Å². The van der Waals surface area contributed by atoms with Crippen LogP contribution in [0.5, 0.6) is 17.2 Å². The molecule has 2 amide bonds. The molecule has 0 aliphatic rings. The smallest absolute Gasteiger partial charge is 0.263 e. The van der Waals surface area contributed by atoms with Crippen LogP contribution in [0.2, 0.25) is 10.0 Å². The molecular weight excluding hydrogens is 529 g/mol. The van der Waals surface area contributed by atoms with Gasteiger partial charge in [0.15, 0.2) is 17.2 Å². The molecule has 0 fully saturated rings. The van der Waals surface area contributed by atoms with E-state index in [9.17, 15) is 18.0 Å². The third-order valence-corrected chi connectivity index (χ3v) is 7.15. The van der Waals surface area contributed by atoms with Gasteiger partial charge in [-0.3, -0.25) is 14.3 Å². The number of nitrogens with two attached hydrogens (primary N) is 1. The fourth-order valence-corrected chi connectivity index (χ4v) is 5.22. The standard InChI is InChI=1S/C24H23Cl2N3O6S/c1-4-28-24(31)14-5-8-19(35-20-9-7-16(23(27)30)13(2)22(20)34-3)18(11-14)29-36(32,33)21-10-6-15(25)12-17(21)26/h5-12,29H,4H2,1-3H3,(H2,27,30)(H,28,31). The molecule has 4 N–H and O–H groups in total. The highest BCUT2D eigenvalue weighted by atomic mass is 35.5. The number of carbonyl (C=O) groups is 2. The van der Waals surface area contributed by atoms with Crippen LogP contribution in [-0.2, 0) is 10.0 Å². The highest BCUT2D eigenvalue weighted by Crippen LogP contribution is 2.39. The van der Waals surface area contributed by atoms with Crippen molar-refractivity contribution < 1.29 is 27.5 Å². The third kappa shape index (κ3) is 5.84. The monoisotopic (exact) mass is 551 g/mol. The number of nitrogens with one attached hydrogen (secondary N) is 2. The molecule has 12 heteroatoms. The first-order valence-electron chi connectivity index (χ1n) is 10.5. The summed E-state index contributed by atoms with van der Waals surface area (Å²) in [4.78, 5) is 23.9. The van der Waals surface area contributed by atoms with Crippen LogP contribution in [0, 0.1) is 6.92 Å². The van der Waals surface area contributed by atoms with Gasteiger partial charge in [-0.25, -0.2) is 8.42 Å². The number of hydrogen-bond acceptors (Lipinski definition) is 6. The average molecular weight is 552 g/mol. The van der Waals surface area contributed by atoms with Crippen LogP contribution < -0.4 is 25.2 Å². The maximum absolute atomic E-state index is 13.2. The Balaban J connectivity index is 2.11. The van der Waals surface area contributed by atoms with Gasteiger partial charge in [0, 0.05) is 28.3 Å². The van der Waals surface area contributed by atoms with Crippen LogP contribution in [0.1, 0.15) is 33.2 Å². The minimum absolute atomic E-state index is 0.0385. The van der Waals surface area contributed by atoms with Crippen LogP contribution in [0.4, 0.5) is 5.69 Å². The molecule has 0 aromatic heterocycles. The summed E-state index contributed by atoms with van der Waals surface area (Å²) in [5.41, 5.74) is 6.25. The minimum Gasteiger partial charge on any atom is -0.493 e. The van der Waals surface area contributed by atoms with Gasteiger partial charge in [0.05, 0.1) is 17.8 Å². The minimum atomic E-state index is -4.22. The van der Waals surface area contributed by atoms with E-state index in [1.165, 1.54) is 55.6 Å². The van der Waals surface area contributed by atoms with E-state index >= 15 is 0 Å². The Bertz CT molecular complexity index is 1440. The number of ether oxygens (including phenoxy) is 2. The van der Waals surface area contributed by atoms with Crippen molar-refractivity contribution in [2.75, 3.05) is 18.4 Å². The Hall–Kier alpha value is -3.47. The van der Waals surface area contributed by atoms with E-state index in [1.54, 1.807) is 13.8 Å². The SMILES string of the molecule is CCNC(=O)c1ccc(Oc2ccc(C(N)=O)c(C)c2OC)c(NS(=O)(=O)c2ccc(Cl)cc2Cl)c1. The van der Waals surface area contributed by atoms with E-state index in [2.05, 4.69) is 10.0 Å². The number of anilines is 1. The molecule has 9 nitrogen and oxygen atoms in total. The fourth-order valence-electron chi connectivity index (χ4n) is 3.38. The predicted octanol–water partition coefficient (Wildman–Crippen LogP) is 4.75. The summed E-state index contributed by atoms with van der Waals surface area (Å²) >= 11 is 12.0. The maximum atomic E-state index is 13.2. The first kappa shape index (κ1) is 27.1. The molecule has 0 saturated carbocycles. The van der Waals surface area contributed by atoms with Crippen LogP contribution in [0.3, 0.4) is 0 Å². The Morgan fingerprint density at radius 1 is 1.03 bits per heavy atom. The average Bonchev–Trinajstić information content (AvgIpc) is 2.79. The fraction of sp³-hybridized carbons (Fsp3) is 0.167. The lowest BCUT2D eigenvalue weighted by atomic mass is 10.1. The molecule has 3 aromatic rings. The third-order valence-electron chi connectivity index (χ3n) is 5.07. The molecule has 0 bridgehead atoms. The quantitative estimate of drug-likeness (QED) is 0.350. The Morgan fingerprint density at radius 2 is 1.72 bits per heavy atom. The molecule has 0 heterocycles. The molecule has 0 aliphatic heterocycles. The lowest BCUT2D eigenvalue weighted by Crippen LogP contribution is -2.23. The molecule has 3 aromatic carbocycles. The number of sulfonamides is 1. The van der Waals surface area contributed by atoms with Gasteiger partial charge in [0.1, 0.15) is 4.90 Å². The lowest BCUT2D eigenvalue weighted by molar-refractivity contribution is 0.0954. The summed E-state index contributed by atoms with van der Waals surface area (Å²) < 4.78 is 40.2. The van der Waals surface area contributed by atoms with Crippen molar-refractivity contribution in [3.63, 3.8) is 0 Å². The molecule has 0 spiro atoms. The summed E-state index contributed by atoms with van der Waals surface area (Å²) in [6, 6.07) is 11.1. The van der Waals surface area contributed by atoms with Gasteiger partial charge in [0.2, 0.25) is 5.91 Å². The topological polar surface area (TPSA) is 137 Å². The molecule has 36 heavy (non-hydrogen) atoms. The zero-order chi connectivity index (χ0) is 26.6. The number of carbonyl (C=O) groups excluding carboxylic acids is 2. The summed E-state index contributed by atoms with van der Waals surface area (Å²) in [6.45, 7) is 3.77. The summed E-state index contributed by atoms with van der Waals surface area (Å²) in [7, 11) is -2.82. The lowest BCUT2D eigenvalue weighted by Gasteiger charge is -2.18. The molecule has 3 rings (SSSR count). The first-order chi connectivity index (χ1) is 17.0. The van der Waals surface area contributed by atoms with Crippen molar-refractivity contribution in [3.05, 3.63) is 75.3 Å². The molecule has 0 aliphatic carbocycles. The Labute approximate surface area is 218 Å². The van der Waals surface area contributed by atoms with Gasteiger partial charge in [-0.05, 0) is 62.4 Å². The van der Waals surface area contributed by atoms with Gasteiger partial charge in [-0.1, -0.05) is 23.2 Å². The largest absolute Gasteiger partial charge is 0.493 e. The van der Waals surface area contributed by atoms with Gasteiger partial charge in [-0.15, -0.1) is 0 Å². The zero-order valence-electron chi connectivity index (χ0n) is 19.5. The second kappa shape index (κ2) is 11.1. The second-order valence-corrected chi connectivity index (χ2v) is 9.98. The number of primary amides is 1. The highest BCUT2D eigenvalue weighted by Gasteiger charge is 2.23. The second-order valence-electron chi connectivity index (χ2n) is 7.49. The number of benzene rings is 3. The van der Waals surface area contributed by atoms with Gasteiger partial charge in [0.25, 0.3) is 15.9 Å².